The van der Waals surface area contributed by atoms with Crippen LogP contribution in [-0.4, -0.2) is 13.2 Å². The summed E-state index contributed by atoms with van der Waals surface area (Å²) in [7, 11) is 0. The Balaban J connectivity index is 1.99. The van der Waals surface area contributed by atoms with E-state index in [4.69, 9.17) is 4.74 Å². The van der Waals surface area contributed by atoms with Crippen molar-refractivity contribution in [2.24, 2.45) is 0 Å². The van der Waals surface area contributed by atoms with E-state index in [1.54, 1.807) is 0 Å². The van der Waals surface area contributed by atoms with Crippen molar-refractivity contribution in [2.45, 2.75) is 26.4 Å². The van der Waals surface area contributed by atoms with E-state index >= 15 is 0 Å². The summed E-state index contributed by atoms with van der Waals surface area (Å²) in [6, 6.07) is 10.2. The van der Waals surface area contributed by atoms with E-state index in [0.717, 1.165) is 31.7 Å². The average molecular weight is 245 g/mol. The number of nitrogens with one attached hydrogen (secondary N) is 1. The number of hydrogen-bond acceptors (Lipinski definition) is 2. The van der Waals surface area contributed by atoms with Crippen LogP contribution in [0.2, 0.25) is 0 Å². The molecule has 0 saturated carbocycles. The van der Waals surface area contributed by atoms with Crippen molar-refractivity contribution in [3.8, 4) is 0 Å². The summed E-state index contributed by atoms with van der Waals surface area (Å²) in [5, 5.41) is 3.25. The Kier molecular flexibility index (Phi) is 7.65. The predicted molar refractivity (Wildman–Crippen MR) is 77.3 cm³/mol. The van der Waals surface area contributed by atoms with E-state index < -0.39 is 0 Å². The Morgan fingerprint density at radius 3 is 2.83 bits per heavy atom. The van der Waals surface area contributed by atoms with Crippen LogP contribution in [0.4, 0.5) is 0 Å². The maximum atomic E-state index is 5.59. The summed E-state index contributed by atoms with van der Waals surface area (Å²) in [6.07, 6.45) is 6.15. The highest BCUT2D eigenvalue weighted by Gasteiger charge is 1.92. The van der Waals surface area contributed by atoms with Crippen LogP contribution in [0.5, 0.6) is 0 Å². The maximum Gasteiger partial charge on any atom is 0.0716 e. The van der Waals surface area contributed by atoms with Crippen molar-refractivity contribution in [1.82, 2.24) is 5.32 Å². The lowest BCUT2D eigenvalue weighted by molar-refractivity contribution is 0.119. The second-order valence-corrected chi connectivity index (χ2v) is 4.15. The third-order valence-electron chi connectivity index (χ3n) is 2.48. The van der Waals surface area contributed by atoms with Gasteiger partial charge in [-0.1, -0.05) is 49.9 Å². The molecule has 0 amide bonds. The summed E-state index contributed by atoms with van der Waals surface area (Å²) in [6.45, 7) is 8.40. The molecule has 0 unspecified atom stereocenters. The van der Waals surface area contributed by atoms with Gasteiger partial charge in [-0.25, -0.2) is 0 Å². The van der Waals surface area contributed by atoms with Crippen LogP contribution in [-0.2, 0) is 11.3 Å². The van der Waals surface area contributed by atoms with E-state index in [2.05, 4.69) is 37.0 Å². The second kappa shape index (κ2) is 9.49. The van der Waals surface area contributed by atoms with Crippen molar-refractivity contribution in [2.75, 3.05) is 13.2 Å². The van der Waals surface area contributed by atoms with Crippen LogP contribution in [0.3, 0.4) is 0 Å². The van der Waals surface area contributed by atoms with Crippen LogP contribution in [0.1, 0.15) is 25.3 Å². The Hall–Kier alpha value is -1.54. The molecule has 2 heteroatoms. The minimum absolute atomic E-state index is 0.692. The molecule has 0 heterocycles. The molecule has 98 valence electrons. The highest BCUT2D eigenvalue weighted by Crippen LogP contribution is 2.00. The quantitative estimate of drug-likeness (QED) is 0.529. The van der Waals surface area contributed by atoms with Crippen LogP contribution < -0.4 is 5.32 Å². The van der Waals surface area contributed by atoms with Crippen LogP contribution >= 0.6 is 0 Å². The summed E-state index contributed by atoms with van der Waals surface area (Å²) in [5.41, 5.74) is 2.20. The van der Waals surface area contributed by atoms with E-state index in [-0.39, 0.29) is 0 Å². The van der Waals surface area contributed by atoms with E-state index in [1.807, 2.05) is 24.3 Å². The van der Waals surface area contributed by atoms with Crippen LogP contribution in [0.15, 0.2) is 54.8 Å². The smallest absolute Gasteiger partial charge is 0.0716 e. The molecule has 0 aliphatic carbocycles. The zero-order chi connectivity index (χ0) is 13.1. The monoisotopic (exact) mass is 245 g/mol. The highest BCUT2D eigenvalue weighted by molar-refractivity contribution is 5.13. The minimum Gasteiger partial charge on any atom is -0.385 e. The summed E-state index contributed by atoms with van der Waals surface area (Å²) >= 11 is 0. The fourth-order valence-electron chi connectivity index (χ4n) is 1.51. The Bertz CT molecular complexity index is 357. The number of ether oxygens (including phenoxy) is 1. The summed E-state index contributed by atoms with van der Waals surface area (Å²) < 4.78 is 5.59. The van der Waals surface area contributed by atoms with Gasteiger partial charge in [0.1, 0.15) is 0 Å². The molecule has 1 rings (SSSR count). The fourth-order valence-corrected chi connectivity index (χ4v) is 1.51. The third-order valence-corrected chi connectivity index (χ3v) is 2.48. The Morgan fingerprint density at radius 1 is 1.33 bits per heavy atom. The van der Waals surface area contributed by atoms with Gasteiger partial charge < -0.3 is 10.1 Å². The SMILES string of the molecule is C=C(/C=C\CC)NCCCOCc1ccccc1. The van der Waals surface area contributed by atoms with Crippen molar-refractivity contribution < 1.29 is 4.74 Å². The third kappa shape index (κ3) is 6.92. The number of benzene rings is 1. The molecule has 0 aliphatic heterocycles. The summed E-state index contributed by atoms with van der Waals surface area (Å²) in [5.74, 6) is 0. The highest BCUT2D eigenvalue weighted by atomic mass is 16.5. The molecular weight excluding hydrogens is 222 g/mol. The number of hydrogen-bond donors (Lipinski definition) is 1. The predicted octanol–water partition coefficient (Wildman–Crippen LogP) is 3.66. The first-order chi connectivity index (χ1) is 8.83. The topological polar surface area (TPSA) is 21.3 Å². The molecule has 2 nitrogen and oxygen atoms in total. The molecule has 0 fully saturated rings. The van der Waals surface area contributed by atoms with E-state index in [9.17, 15) is 0 Å². The first-order valence-corrected chi connectivity index (χ1v) is 6.54. The molecule has 0 atom stereocenters. The fraction of sp³-hybridized carbons (Fsp3) is 0.375. The normalized spacial score (nSPS) is 10.7. The van der Waals surface area contributed by atoms with Gasteiger partial charge in [0, 0.05) is 18.8 Å². The van der Waals surface area contributed by atoms with E-state index in [1.165, 1.54) is 5.56 Å². The van der Waals surface area contributed by atoms with E-state index in [0.29, 0.717) is 6.61 Å². The molecule has 18 heavy (non-hydrogen) atoms. The average Bonchev–Trinajstić information content (AvgIpc) is 2.41. The van der Waals surface area contributed by atoms with Gasteiger partial charge in [0.05, 0.1) is 6.61 Å². The van der Waals surface area contributed by atoms with Crippen LogP contribution in [0.25, 0.3) is 0 Å². The molecule has 1 N–H and O–H groups in total. The van der Waals surface area contributed by atoms with Gasteiger partial charge in [0.2, 0.25) is 0 Å². The molecule has 0 aliphatic rings. The van der Waals surface area contributed by atoms with Crippen LogP contribution in [0, 0.1) is 0 Å². The van der Waals surface area contributed by atoms with Gasteiger partial charge in [0.25, 0.3) is 0 Å². The number of rotatable bonds is 9. The second-order valence-electron chi connectivity index (χ2n) is 4.15. The number of allylic oxidation sites excluding steroid dienone is 2. The van der Waals surface area contributed by atoms with Gasteiger partial charge >= 0.3 is 0 Å². The Morgan fingerprint density at radius 2 is 2.11 bits per heavy atom. The van der Waals surface area contributed by atoms with Gasteiger partial charge in [0.15, 0.2) is 0 Å². The first-order valence-electron chi connectivity index (χ1n) is 6.54. The van der Waals surface area contributed by atoms with Crippen molar-refractivity contribution >= 4 is 0 Å². The summed E-state index contributed by atoms with van der Waals surface area (Å²) in [4.78, 5) is 0. The van der Waals surface area contributed by atoms with Crippen molar-refractivity contribution in [3.63, 3.8) is 0 Å². The molecule has 1 aromatic rings. The zero-order valence-electron chi connectivity index (χ0n) is 11.2. The lowest BCUT2D eigenvalue weighted by atomic mass is 10.2. The van der Waals surface area contributed by atoms with Crippen molar-refractivity contribution in [1.29, 1.82) is 0 Å². The molecule has 0 aromatic heterocycles. The zero-order valence-corrected chi connectivity index (χ0v) is 11.2. The standard InChI is InChI=1S/C16H23NO/c1-3-4-9-15(2)17-12-8-13-18-14-16-10-6-5-7-11-16/h4-7,9-11,17H,2-3,8,12-14H2,1H3/b9-4-. The Labute approximate surface area is 110 Å². The molecule has 0 spiro atoms. The molecule has 1 aromatic carbocycles. The van der Waals surface area contributed by atoms with Gasteiger partial charge in [-0.2, -0.15) is 0 Å². The molecule has 0 saturated heterocycles. The largest absolute Gasteiger partial charge is 0.385 e. The maximum absolute atomic E-state index is 5.59. The lowest BCUT2D eigenvalue weighted by Gasteiger charge is -2.07. The molecule has 0 bridgehead atoms. The van der Waals surface area contributed by atoms with Gasteiger partial charge in [-0.05, 0) is 24.5 Å². The van der Waals surface area contributed by atoms with Crippen molar-refractivity contribution in [3.05, 3.63) is 60.3 Å². The first kappa shape index (κ1) is 14.5. The minimum atomic E-state index is 0.692. The van der Waals surface area contributed by atoms with Gasteiger partial charge in [-0.15, -0.1) is 0 Å². The molecule has 0 radical (unpaired) electrons. The molecular formula is C16H23NO. The lowest BCUT2D eigenvalue weighted by Crippen LogP contribution is -2.14. The van der Waals surface area contributed by atoms with Gasteiger partial charge in [-0.3, -0.25) is 0 Å².